The molecule has 2 rings (SSSR count). The molecule has 0 atom stereocenters. The zero-order valence-electron chi connectivity index (χ0n) is 10.7. The fraction of sp³-hybridized carbons (Fsp3) is 0.500. The molecule has 1 aliphatic rings. The first-order valence-electron chi connectivity index (χ1n) is 6.12. The summed E-state index contributed by atoms with van der Waals surface area (Å²) < 4.78 is 31.6. The maximum Gasteiger partial charge on any atom is 0.394 e. The van der Waals surface area contributed by atoms with Gasteiger partial charge in [-0.1, -0.05) is 24.6 Å². The Morgan fingerprint density at radius 2 is 1.63 bits per heavy atom. The Hall–Kier alpha value is -1.15. The van der Waals surface area contributed by atoms with Gasteiger partial charge in [-0.15, -0.1) is 0 Å². The summed E-state index contributed by atoms with van der Waals surface area (Å²) in [5.41, 5.74) is 8.11. The molecule has 0 saturated carbocycles. The van der Waals surface area contributed by atoms with Crippen molar-refractivity contribution < 1.29 is 17.5 Å². The minimum Gasteiger partial charge on any atom is -0.398 e. The number of hydrogen-bond donors (Lipinski definition) is 3. The van der Waals surface area contributed by atoms with Crippen molar-refractivity contribution in [1.29, 1.82) is 0 Å². The summed E-state index contributed by atoms with van der Waals surface area (Å²) in [5, 5.41) is 0. The van der Waals surface area contributed by atoms with E-state index in [-0.39, 0.29) is 0 Å². The standard InChI is InChI=1S/C12H18N2.H2O4S/c13-12-7-3-2-6-11(12)10-14-8-4-1-5-9-14;1-5(2,3)4/h2-3,6-7H,1,4-5,8-10,13H2;(H2,1,2,3,4). The monoisotopic (exact) mass is 288 g/mol. The Morgan fingerprint density at radius 1 is 1.11 bits per heavy atom. The molecule has 1 fully saturated rings. The van der Waals surface area contributed by atoms with Crippen LogP contribution in [0.4, 0.5) is 5.69 Å². The number of likely N-dealkylation sites (tertiary alicyclic amines) is 1. The minimum absolute atomic E-state index is 0.929. The van der Waals surface area contributed by atoms with Gasteiger partial charge in [0.25, 0.3) is 0 Å². The molecule has 0 amide bonds. The van der Waals surface area contributed by atoms with Gasteiger partial charge in [0, 0.05) is 12.2 Å². The zero-order chi connectivity index (χ0) is 14.3. The van der Waals surface area contributed by atoms with E-state index in [1.807, 2.05) is 12.1 Å². The number of rotatable bonds is 2. The molecule has 1 aromatic rings. The van der Waals surface area contributed by atoms with Crippen molar-refractivity contribution in [2.75, 3.05) is 18.8 Å². The van der Waals surface area contributed by atoms with Gasteiger partial charge in [0.2, 0.25) is 0 Å². The van der Waals surface area contributed by atoms with Crippen molar-refractivity contribution in [3.8, 4) is 0 Å². The molecule has 7 heteroatoms. The third kappa shape index (κ3) is 7.78. The Kier molecular flexibility index (Phi) is 6.23. The SMILES string of the molecule is Nc1ccccc1CN1CCCCC1.O=S(=O)(O)O. The van der Waals surface area contributed by atoms with Gasteiger partial charge in [-0.3, -0.25) is 14.0 Å². The highest BCUT2D eigenvalue weighted by atomic mass is 32.3. The van der Waals surface area contributed by atoms with Gasteiger partial charge in [0.15, 0.2) is 0 Å². The number of nitrogens with two attached hydrogens (primary N) is 1. The van der Waals surface area contributed by atoms with Crippen LogP contribution in [0, 0.1) is 0 Å². The van der Waals surface area contributed by atoms with Gasteiger partial charge in [-0.2, -0.15) is 8.42 Å². The number of benzene rings is 1. The second-order valence-electron chi connectivity index (χ2n) is 4.48. The van der Waals surface area contributed by atoms with Crippen LogP contribution in [-0.2, 0) is 16.9 Å². The first-order chi connectivity index (χ1) is 8.86. The van der Waals surface area contributed by atoms with Crippen molar-refractivity contribution in [2.24, 2.45) is 0 Å². The average Bonchev–Trinajstić information content (AvgIpc) is 2.31. The molecule has 0 radical (unpaired) electrons. The predicted molar refractivity (Wildman–Crippen MR) is 74.2 cm³/mol. The van der Waals surface area contributed by atoms with E-state index in [0.717, 1.165) is 12.2 Å². The maximum atomic E-state index is 8.74. The second kappa shape index (κ2) is 7.44. The molecule has 1 heterocycles. The minimum atomic E-state index is -4.67. The van der Waals surface area contributed by atoms with Crippen LogP contribution >= 0.6 is 0 Å². The van der Waals surface area contributed by atoms with Crippen LogP contribution in [0.25, 0.3) is 0 Å². The third-order valence-electron chi connectivity index (χ3n) is 2.90. The zero-order valence-corrected chi connectivity index (χ0v) is 11.5. The van der Waals surface area contributed by atoms with Gasteiger partial charge in [-0.25, -0.2) is 0 Å². The van der Waals surface area contributed by atoms with Crippen molar-refractivity contribution >= 4 is 16.1 Å². The number of anilines is 1. The summed E-state index contributed by atoms with van der Waals surface area (Å²) in [6, 6.07) is 8.17. The van der Waals surface area contributed by atoms with Crippen molar-refractivity contribution in [1.82, 2.24) is 4.90 Å². The molecular weight excluding hydrogens is 268 g/mol. The molecule has 4 N–H and O–H groups in total. The summed E-state index contributed by atoms with van der Waals surface area (Å²) in [7, 11) is -4.67. The summed E-state index contributed by atoms with van der Waals surface area (Å²) in [5.74, 6) is 0. The summed E-state index contributed by atoms with van der Waals surface area (Å²) in [6.45, 7) is 3.48. The van der Waals surface area contributed by atoms with Crippen LogP contribution < -0.4 is 5.73 Å². The molecule has 6 nitrogen and oxygen atoms in total. The number of nitrogens with zero attached hydrogens (tertiary/aromatic N) is 1. The molecule has 0 unspecified atom stereocenters. The molecule has 0 spiro atoms. The molecule has 108 valence electrons. The Bertz CT molecular complexity index is 476. The lowest BCUT2D eigenvalue weighted by atomic mass is 10.1. The summed E-state index contributed by atoms with van der Waals surface area (Å²) in [6.07, 6.45) is 4.07. The largest absolute Gasteiger partial charge is 0.398 e. The average molecular weight is 288 g/mol. The van der Waals surface area contributed by atoms with E-state index < -0.39 is 10.4 Å². The van der Waals surface area contributed by atoms with Gasteiger partial charge < -0.3 is 5.73 Å². The van der Waals surface area contributed by atoms with Crippen LogP contribution in [0.15, 0.2) is 24.3 Å². The molecular formula is C12H20N2O4S. The highest BCUT2D eigenvalue weighted by Crippen LogP contribution is 2.16. The highest BCUT2D eigenvalue weighted by molar-refractivity contribution is 7.79. The predicted octanol–water partition coefficient (Wildman–Crippen LogP) is 1.60. The number of piperidine rings is 1. The lowest BCUT2D eigenvalue weighted by Crippen LogP contribution is -2.29. The van der Waals surface area contributed by atoms with Crippen LogP contribution in [0.1, 0.15) is 24.8 Å². The first kappa shape index (κ1) is 15.9. The fourth-order valence-electron chi connectivity index (χ4n) is 2.04. The third-order valence-corrected chi connectivity index (χ3v) is 2.90. The number of nitrogen functional groups attached to an aromatic ring is 1. The number of para-hydroxylation sites is 1. The fourth-order valence-corrected chi connectivity index (χ4v) is 2.04. The first-order valence-corrected chi connectivity index (χ1v) is 7.51. The van der Waals surface area contributed by atoms with Crippen molar-refractivity contribution in [2.45, 2.75) is 25.8 Å². The highest BCUT2D eigenvalue weighted by Gasteiger charge is 2.10. The molecule has 0 aliphatic carbocycles. The lowest BCUT2D eigenvalue weighted by molar-refractivity contribution is 0.221. The second-order valence-corrected chi connectivity index (χ2v) is 5.38. The van der Waals surface area contributed by atoms with Crippen molar-refractivity contribution in [3.63, 3.8) is 0 Å². The van der Waals surface area contributed by atoms with Gasteiger partial charge >= 0.3 is 10.4 Å². The normalized spacial score (nSPS) is 16.5. The van der Waals surface area contributed by atoms with Crippen LogP contribution in [0.2, 0.25) is 0 Å². The van der Waals surface area contributed by atoms with E-state index in [1.165, 1.54) is 37.9 Å². The summed E-state index contributed by atoms with van der Waals surface area (Å²) >= 11 is 0. The lowest BCUT2D eigenvalue weighted by Gasteiger charge is -2.26. The molecule has 1 aliphatic heterocycles. The molecule has 19 heavy (non-hydrogen) atoms. The molecule has 1 saturated heterocycles. The molecule has 1 aromatic carbocycles. The van der Waals surface area contributed by atoms with E-state index >= 15 is 0 Å². The van der Waals surface area contributed by atoms with Crippen molar-refractivity contribution in [3.05, 3.63) is 29.8 Å². The van der Waals surface area contributed by atoms with Crippen LogP contribution in [0.5, 0.6) is 0 Å². The van der Waals surface area contributed by atoms with E-state index in [9.17, 15) is 0 Å². The van der Waals surface area contributed by atoms with Gasteiger partial charge in [-0.05, 0) is 37.6 Å². The summed E-state index contributed by atoms with van der Waals surface area (Å²) in [4.78, 5) is 2.50. The van der Waals surface area contributed by atoms with E-state index in [4.69, 9.17) is 23.3 Å². The van der Waals surface area contributed by atoms with Gasteiger partial charge in [0.05, 0.1) is 0 Å². The van der Waals surface area contributed by atoms with E-state index in [0.29, 0.717) is 0 Å². The molecule has 0 bridgehead atoms. The maximum absolute atomic E-state index is 8.74. The Labute approximate surface area is 113 Å². The van der Waals surface area contributed by atoms with Gasteiger partial charge in [0.1, 0.15) is 0 Å². The quantitative estimate of drug-likeness (QED) is 0.564. The number of hydrogen-bond acceptors (Lipinski definition) is 4. The van der Waals surface area contributed by atoms with Crippen LogP contribution in [-0.4, -0.2) is 35.5 Å². The van der Waals surface area contributed by atoms with E-state index in [2.05, 4.69) is 17.0 Å². The van der Waals surface area contributed by atoms with Crippen LogP contribution in [0.3, 0.4) is 0 Å². The topological polar surface area (TPSA) is 104 Å². The Morgan fingerprint density at radius 3 is 2.16 bits per heavy atom. The Balaban J connectivity index is 0.000000312. The molecule has 0 aromatic heterocycles. The smallest absolute Gasteiger partial charge is 0.394 e. The van der Waals surface area contributed by atoms with E-state index in [1.54, 1.807) is 0 Å².